The van der Waals surface area contributed by atoms with E-state index in [9.17, 15) is 0 Å². The lowest BCUT2D eigenvalue weighted by molar-refractivity contribution is 0.00697. The largest absolute Gasteiger partial charge is 0.378 e. The van der Waals surface area contributed by atoms with E-state index < -0.39 is 0 Å². The first kappa shape index (κ1) is 13.3. The fourth-order valence-corrected chi connectivity index (χ4v) is 2.78. The van der Waals surface area contributed by atoms with Crippen LogP contribution in [0.15, 0.2) is 42.6 Å². The molecule has 4 heteroatoms. The zero-order chi connectivity index (χ0) is 13.8. The molecule has 0 amide bonds. The zero-order valence-electron chi connectivity index (χ0n) is 11.6. The molecule has 1 aliphatic heterocycles. The molecule has 2 heterocycles. The van der Waals surface area contributed by atoms with Gasteiger partial charge in [-0.1, -0.05) is 18.2 Å². The van der Waals surface area contributed by atoms with Crippen molar-refractivity contribution in [2.75, 3.05) is 6.61 Å². The fourth-order valence-electron chi connectivity index (χ4n) is 2.78. The van der Waals surface area contributed by atoms with Gasteiger partial charge in [-0.15, -0.1) is 0 Å². The van der Waals surface area contributed by atoms with Crippen LogP contribution in [0.3, 0.4) is 0 Å². The smallest absolute Gasteiger partial charge is 0.0649 e. The molecule has 0 aliphatic carbocycles. The maximum Gasteiger partial charge on any atom is 0.0649 e. The Hall–Kier alpha value is -1.65. The number of benzene rings is 1. The monoisotopic (exact) mass is 271 g/mol. The number of hydrogen-bond donors (Lipinski definition) is 1. The summed E-state index contributed by atoms with van der Waals surface area (Å²) >= 11 is 0. The van der Waals surface area contributed by atoms with Gasteiger partial charge in [0.25, 0.3) is 0 Å². The minimum atomic E-state index is -0.0409. The van der Waals surface area contributed by atoms with Gasteiger partial charge in [0, 0.05) is 18.8 Å². The third kappa shape index (κ3) is 2.92. The number of nitrogens with zero attached hydrogens (tertiary/aromatic N) is 2. The van der Waals surface area contributed by atoms with Crippen molar-refractivity contribution in [2.45, 2.75) is 37.8 Å². The van der Waals surface area contributed by atoms with Gasteiger partial charge in [-0.2, -0.15) is 5.10 Å². The highest BCUT2D eigenvalue weighted by atomic mass is 16.5. The first-order valence-corrected chi connectivity index (χ1v) is 7.31. The first-order valence-electron chi connectivity index (χ1n) is 7.31. The fraction of sp³-hybridized carbons (Fsp3) is 0.438. The molecular weight excluding hydrogens is 250 g/mol. The molecule has 3 rings (SSSR count). The molecule has 1 aromatic heterocycles. The second-order valence-electron chi connectivity index (χ2n) is 5.33. The van der Waals surface area contributed by atoms with Gasteiger partial charge in [0.1, 0.15) is 0 Å². The van der Waals surface area contributed by atoms with E-state index in [-0.39, 0.29) is 12.1 Å². The van der Waals surface area contributed by atoms with Crippen molar-refractivity contribution in [1.82, 2.24) is 9.78 Å². The molecule has 0 radical (unpaired) electrons. The van der Waals surface area contributed by atoms with Crippen LogP contribution in [0.25, 0.3) is 5.69 Å². The Kier molecular flexibility index (Phi) is 4.14. The van der Waals surface area contributed by atoms with Gasteiger partial charge in [-0.25, -0.2) is 4.68 Å². The summed E-state index contributed by atoms with van der Waals surface area (Å²) in [5.74, 6) is 0. The van der Waals surface area contributed by atoms with Crippen LogP contribution in [0.5, 0.6) is 0 Å². The molecule has 2 aromatic rings. The van der Waals surface area contributed by atoms with Gasteiger partial charge in [0.15, 0.2) is 0 Å². The summed E-state index contributed by atoms with van der Waals surface area (Å²) in [6, 6.07) is 12.1. The van der Waals surface area contributed by atoms with Gasteiger partial charge >= 0.3 is 0 Å². The minimum Gasteiger partial charge on any atom is -0.378 e. The van der Waals surface area contributed by atoms with Crippen molar-refractivity contribution in [3.05, 3.63) is 48.3 Å². The van der Waals surface area contributed by atoms with E-state index >= 15 is 0 Å². The average Bonchev–Trinajstić information content (AvgIpc) is 2.99. The van der Waals surface area contributed by atoms with Crippen LogP contribution in [0, 0.1) is 0 Å². The molecule has 1 fully saturated rings. The maximum absolute atomic E-state index is 6.37. The summed E-state index contributed by atoms with van der Waals surface area (Å²) in [6.07, 6.45) is 6.50. The molecule has 4 nitrogen and oxygen atoms in total. The Labute approximate surface area is 119 Å². The molecule has 1 saturated heterocycles. The minimum absolute atomic E-state index is 0.0409. The lowest BCUT2D eigenvalue weighted by Gasteiger charge is -2.25. The van der Waals surface area contributed by atoms with E-state index in [0.717, 1.165) is 30.8 Å². The summed E-state index contributed by atoms with van der Waals surface area (Å²) in [6.45, 7) is 0.870. The van der Waals surface area contributed by atoms with Crippen LogP contribution >= 0.6 is 0 Å². The summed E-state index contributed by atoms with van der Waals surface area (Å²) in [5.41, 5.74) is 8.46. The predicted molar refractivity (Wildman–Crippen MR) is 78.7 cm³/mol. The van der Waals surface area contributed by atoms with Crippen molar-refractivity contribution in [3.8, 4) is 5.69 Å². The molecule has 1 aliphatic rings. The number of nitrogens with two attached hydrogens (primary N) is 1. The first-order chi connectivity index (χ1) is 9.84. The van der Waals surface area contributed by atoms with Crippen molar-refractivity contribution >= 4 is 0 Å². The maximum atomic E-state index is 6.37. The number of rotatable bonds is 4. The van der Waals surface area contributed by atoms with Gasteiger partial charge in [0.05, 0.1) is 17.5 Å². The van der Waals surface area contributed by atoms with Gasteiger partial charge in [-0.05, 0) is 43.9 Å². The molecular formula is C16H21N3O. The number of aromatic nitrogens is 2. The van der Waals surface area contributed by atoms with Crippen LogP contribution in [0.2, 0.25) is 0 Å². The highest BCUT2D eigenvalue weighted by Crippen LogP contribution is 2.24. The van der Waals surface area contributed by atoms with Crippen LogP contribution in [-0.2, 0) is 4.74 Å². The topological polar surface area (TPSA) is 53.1 Å². The molecule has 1 aromatic carbocycles. The zero-order valence-corrected chi connectivity index (χ0v) is 11.6. The van der Waals surface area contributed by atoms with Crippen LogP contribution in [0.4, 0.5) is 0 Å². The SMILES string of the molecule is NC(CC1CCCCO1)c1ccnn1-c1ccccc1. The normalized spacial score (nSPS) is 20.8. The van der Waals surface area contributed by atoms with Crippen LogP contribution in [0.1, 0.15) is 37.4 Å². The lowest BCUT2D eigenvalue weighted by Crippen LogP contribution is -2.26. The molecule has 0 spiro atoms. The van der Waals surface area contributed by atoms with E-state index in [1.54, 1.807) is 0 Å². The van der Waals surface area contributed by atoms with Crippen molar-refractivity contribution in [3.63, 3.8) is 0 Å². The van der Waals surface area contributed by atoms with E-state index in [2.05, 4.69) is 5.10 Å². The summed E-state index contributed by atoms with van der Waals surface area (Å²) in [4.78, 5) is 0. The number of hydrogen-bond acceptors (Lipinski definition) is 3. The van der Waals surface area contributed by atoms with Crippen LogP contribution in [-0.4, -0.2) is 22.5 Å². The third-order valence-electron chi connectivity index (χ3n) is 3.84. The Morgan fingerprint density at radius 1 is 1.25 bits per heavy atom. The van der Waals surface area contributed by atoms with E-state index in [0.29, 0.717) is 0 Å². The van der Waals surface area contributed by atoms with Gasteiger partial charge in [0.2, 0.25) is 0 Å². The standard InChI is InChI=1S/C16H21N3O/c17-15(12-14-8-4-5-11-20-14)16-9-10-18-19(16)13-6-2-1-3-7-13/h1-3,6-7,9-10,14-15H,4-5,8,11-12,17H2. The number of ether oxygens (including phenoxy) is 1. The van der Waals surface area contributed by atoms with Gasteiger partial charge in [-0.3, -0.25) is 0 Å². The molecule has 0 bridgehead atoms. The Balaban J connectivity index is 1.75. The molecule has 106 valence electrons. The summed E-state index contributed by atoms with van der Waals surface area (Å²) < 4.78 is 7.71. The predicted octanol–water partition coefficient (Wildman–Crippen LogP) is 2.83. The summed E-state index contributed by atoms with van der Waals surface area (Å²) in [5, 5.41) is 4.40. The average molecular weight is 271 g/mol. The molecule has 2 unspecified atom stereocenters. The van der Waals surface area contributed by atoms with Crippen molar-refractivity contribution in [2.24, 2.45) is 5.73 Å². The summed E-state index contributed by atoms with van der Waals surface area (Å²) in [7, 11) is 0. The van der Waals surface area contributed by atoms with Crippen molar-refractivity contribution in [1.29, 1.82) is 0 Å². The quantitative estimate of drug-likeness (QED) is 0.930. The molecule has 2 atom stereocenters. The molecule has 20 heavy (non-hydrogen) atoms. The Morgan fingerprint density at radius 2 is 2.10 bits per heavy atom. The second-order valence-corrected chi connectivity index (χ2v) is 5.33. The highest BCUT2D eigenvalue weighted by Gasteiger charge is 2.20. The Morgan fingerprint density at radius 3 is 2.85 bits per heavy atom. The van der Waals surface area contributed by atoms with Crippen molar-refractivity contribution < 1.29 is 4.74 Å². The number of para-hydroxylation sites is 1. The second kappa shape index (κ2) is 6.20. The van der Waals surface area contributed by atoms with E-state index in [4.69, 9.17) is 10.5 Å². The lowest BCUT2D eigenvalue weighted by atomic mass is 10.0. The molecule has 0 saturated carbocycles. The Bertz CT molecular complexity index is 532. The highest BCUT2D eigenvalue weighted by molar-refractivity contribution is 5.33. The van der Waals surface area contributed by atoms with Crippen LogP contribution < -0.4 is 5.73 Å². The molecule has 2 N–H and O–H groups in total. The van der Waals surface area contributed by atoms with E-state index in [1.165, 1.54) is 12.8 Å². The van der Waals surface area contributed by atoms with E-state index in [1.807, 2.05) is 47.3 Å². The van der Waals surface area contributed by atoms with Gasteiger partial charge < -0.3 is 10.5 Å². The third-order valence-corrected chi connectivity index (χ3v) is 3.84.